The molecule has 1 atom stereocenters. The van der Waals surface area contributed by atoms with Crippen molar-refractivity contribution in [3.05, 3.63) is 0 Å². The van der Waals surface area contributed by atoms with Crippen molar-refractivity contribution in [2.24, 2.45) is 5.92 Å². The van der Waals surface area contributed by atoms with E-state index in [-0.39, 0.29) is 0 Å². The summed E-state index contributed by atoms with van der Waals surface area (Å²) in [5, 5.41) is 11.9. The Morgan fingerprint density at radius 2 is 2.07 bits per heavy atom. The Kier molecular flexibility index (Phi) is 7.34. The summed E-state index contributed by atoms with van der Waals surface area (Å²) < 4.78 is 0. The molecule has 0 radical (unpaired) electrons. The number of nitrogens with zero attached hydrogens (tertiary/aromatic N) is 1. The van der Waals surface area contributed by atoms with Crippen molar-refractivity contribution in [3.8, 4) is 0 Å². The van der Waals surface area contributed by atoms with Gasteiger partial charge in [0.15, 0.2) is 0 Å². The Labute approximate surface area is 92.7 Å². The molecule has 0 amide bonds. The topological polar surface area (TPSA) is 52.6 Å². The minimum Gasteiger partial charge on any atom is -0.480 e. The van der Waals surface area contributed by atoms with E-state index >= 15 is 0 Å². The van der Waals surface area contributed by atoms with Crippen molar-refractivity contribution in [2.45, 2.75) is 33.2 Å². The molecular weight excluding hydrogens is 192 g/mol. The van der Waals surface area contributed by atoms with Gasteiger partial charge in [0.1, 0.15) is 6.04 Å². The van der Waals surface area contributed by atoms with Crippen LogP contribution in [0.1, 0.15) is 27.2 Å². The maximum Gasteiger partial charge on any atom is 0.320 e. The van der Waals surface area contributed by atoms with Gasteiger partial charge in [-0.3, -0.25) is 4.79 Å². The Hall–Kier alpha value is -0.610. The zero-order chi connectivity index (χ0) is 11.8. The number of aliphatic carboxylic acids is 1. The highest BCUT2D eigenvalue weighted by atomic mass is 16.4. The van der Waals surface area contributed by atoms with Gasteiger partial charge in [-0.25, -0.2) is 0 Å². The van der Waals surface area contributed by atoms with Crippen molar-refractivity contribution in [1.82, 2.24) is 10.2 Å². The van der Waals surface area contributed by atoms with Crippen molar-refractivity contribution in [2.75, 3.05) is 26.7 Å². The van der Waals surface area contributed by atoms with E-state index in [0.29, 0.717) is 18.9 Å². The van der Waals surface area contributed by atoms with Crippen LogP contribution in [-0.2, 0) is 4.79 Å². The van der Waals surface area contributed by atoms with Crippen LogP contribution in [0, 0.1) is 5.92 Å². The molecule has 0 aliphatic carbocycles. The normalized spacial score (nSPS) is 13.5. The molecule has 0 spiro atoms. The molecule has 0 aliphatic heterocycles. The minimum absolute atomic E-state index is 0.412. The molecule has 4 heteroatoms. The molecule has 15 heavy (non-hydrogen) atoms. The first-order valence-corrected chi connectivity index (χ1v) is 5.62. The van der Waals surface area contributed by atoms with E-state index < -0.39 is 12.0 Å². The average Bonchev–Trinajstić information content (AvgIpc) is 2.10. The monoisotopic (exact) mass is 216 g/mol. The molecule has 0 aromatic carbocycles. The molecule has 0 heterocycles. The number of nitrogens with one attached hydrogen (secondary N) is 1. The molecule has 0 bridgehead atoms. The van der Waals surface area contributed by atoms with Gasteiger partial charge in [0.05, 0.1) is 0 Å². The van der Waals surface area contributed by atoms with Gasteiger partial charge in [-0.1, -0.05) is 20.8 Å². The Balaban J connectivity index is 3.83. The molecule has 0 aliphatic rings. The third kappa shape index (κ3) is 7.33. The Morgan fingerprint density at radius 3 is 2.47 bits per heavy atom. The van der Waals surface area contributed by atoms with Crippen LogP contribution in [0.15, 0.2) is 0 Å². The van der Waals surface area contributed by atoms with E-state index in [9.17, 15) is 4.79 Å². The van der Waals surface area contributed by atoms with Gasteiger partial charge < -0.3 is 15.3 Å². The van der Waals surface area contributed by atoms with Crippen LogP contribution in [0.25, 0.3) is 0 Å². The molecule has 0 aromatic rings. The summed E-state index contributed by atoms with van der Waals surface area (Å²) in [5.74, 6) is -0.132. The van der Waals surface area contributed by atoms with Crippen LogP contribution in [0.5, 0.6) is 0 Å². The first kappa shape index (κ1) is 14.4. The lowest BCUT2D eigenvalue weighted by Gasteiger charge is -2.21. The van der Waals surface area contributed by atoms with E-state index in [1.54, 1.807) is 0 Å². The highest BCUT2D eigenvalue weighted by Crippen LogP contribution is 1.99. The fraction of sp³-hybridized carbons (Fsp3) is 0.909. The number of carboxylic acids is 1. The van der Waals surface area contributed by atoms with E-state index in [1.165, 1.54) is 0 Å². The maximum atomic E-state index is 10.8. The van der Waals surface area contributed by atoms with Crippen molar-refractivity contribution in [3.63, 3.8) is 0 Å². The fourth-order valence-electron chi connectivity index (χ4n) is 1.62. The molecule has 0 aromatic heterocycles. The van der Waals surface area contributed by atoms with Gasteiger partial charge in [0.25, 0.3) is 0 Å². The minimum atomic E-state index is -0.755. The molecule has 1 unspecified atom stereocenters. The number of likely N-dealkylation sites (N-methyl/N-ethyl adjacent to an activating group) is 1. The predicted molar refractivity (Wildman–Crippen MR) is 62.1 cm³/mol. The number of carboxylic acid groups (broad SMARTS) is 1. The summed E-state index contributed by atoms with van der Waals surface area (Å²) in [7, 11) is 2.03. The van der Waals surface area contributed by atoms with Gasteiger partial charge in [0.2, 0.25) is 0 Å². The predicted octanol–water partition coefficient (Wildman–Crippen LogP) is 1.03. The summed E-state index contributed by atoms with van der Waals surface area (Å²) in [6.07, 6.45) is 0.659. The lowest BCUT2D eigenvalue weighted by Crippen LogP contribution is -2.39. The van der Waals surface area contributed by atoms with E-state index in [0.717, 1.165) is 13.1 Å². The number of hydrogen-bond acceptors (Lipinski definition) is 3. The fourth-order valence-corrected chi connectivity index (χ4v) is 1.62. The Bertz CT molecular complexity index is 183. The van der Waals surface area contributed by atoms with Crippen LogP contribution in [0.4, 0.5) is 0 Å². The van der Waals surface area contributed by atoms with Crippen molar-refractivity contribution < 1.29 is 9.90 Å². The Morgan fingerprint density at radius 1 is 1.47 bits per heavy atom. The second-order valence-electron chi connectivity index (χ2n) is 4.39. The summed E-state index contributed by atoms with van der Waals surface area (Å²) >= 11 is 0. The molecule has 0 saturated carbocycles. The molecule has 0 saturated heterocycles. The van der Waals surface area contributed by atoms with Crippen LogP contribution >= 0.6 is 0 Å². The van der Waals surface area contributed by atoms with Crippen LogP contribution in [0.3, 0.4) is 0 Å². The summed E-state index contributed by atoms with van der Waals surface area (Å²) in [6.45, 7) is 8.78. The molecule has 0 fully saturated rings. The van der Waals surface area contributed by atoms with Crippen molar-refractivity contribution >= 4 is 5.97 Å². The van der Waals surface area contributed by atoms with Gasteiger partial charge in [0, 0.05) is 6.54 Å². The quantitative estimate of drug-likeness (QED) is 0.636. The standard InChI is InChI=1S/C11H24N2O2/c1-5-12-10(11(14)15)6-7-13(4)8-9(2)3/h9-10,12H,5-8H2,1-4H3,(H,14,15). The smallest absolute Gasteiger partial charge is 0.320 e. The molecule has 0 rings (SSSR count). The van der Waals surface area contributed by atoms with Gasteiger partial charge in [-0.2, -0.15) is 0 Å². The van der Waals surface area contributed by atoms with E-state index in [2.05, 4.69) is 24.1 Å². The average molecular weight is 216 g/mol. The molecule has 90 valence electrons. The van der Waals surface area contributed by atoms with E-state index in [1.807, 2.05) is 14.0 Å². The number of hydrogen-bond donors (Lipinski definition) is 2. The lowest BCUT2D eigenvalue weighted by atomic mass is 10.1. The molecular formula is C11H24N2O2. The molecule has 4 nitrogen and oxygen atoms in total. The highest BCUT2D eigenvalue weighted by Gasteiger charge is 2.16. The number of rotatable bonds is 8. The van der Waals surface area contributed by atoms with E-state index in [4.69, 9.17) is 5.11 Å². The third-order valence-corrected chi connectivity index (χ3v) is 2.22. The second kappa shape index (κ2) is 7.65. The van der Waals surface area contributed by atoms with Gasteiger partial charge in [-0.05, 0) is 32.5 Å². The van der Waals surface area contributed by atoms with Gasteiger partial charge in [-0.15, -0.1) is 0 Å². The summed E-state index contributed by atoms with van der Waals surface area (Å²) in [4.78, 5) is 13.0. The SMILES string of the molecule is CCNC(CCN(C)CC(C)C)C(=O)O. The van der Waals surface area contributed by atoms with Crippen LogP contribution < -0.4 is 5.32 Å². The van der Waals surface area contributed by atoms with Crippen LogP contribution in [0.2, 0.25) is 0 Å². The maximum absolute atomic E-state index is 10.8. The number of carbonyl (C=O) groups is 1. The first-order chi connectivity index (χ1) is 6.97. The first-order valence-electron chi connectivity index (χ1n) is 5.62. The zero-order valence-electron chi connectivity index (χ0n) is 10.3. The molecule has 2 N–H and O–H groups in total. The van der Waals surface area contributed by atoms with Gasteiger partial charge >= 0.3 is 5.97 Å². The lowest BCUT2D eigenvalue weighted by molar-refractivity contribution is -0.139. The highest BCUT2D eigenvalue weighted by molar-refractivity contribution is 5.73. The second-order valence-corrected chi connectivity index (χ2v) is 4.39. The summed E-state index contributed by atoms with van der Waals surface area (Å²) in [6, 6.07) is -0.412. The van der Waals surface area contributed by atoms with Crippen molar-refractivity contribution in [1.29, 1.82) is 0 Å². The largest absolute Gasteiger partial charge is 0.480 e. The third-order valence-electron chi connectivity index (χ3n) is 2.22. The summed E-state index contributed by atoms with van der Waals surface area (Å²) in [5.41, 5.74) is 0. The van der Waals surface area contributed by atoms with Crippen LogP contribution in [-0.4, -0.2) is 48.7 Å². The zero-order valence-corrected chi connectivity index (χ0v) is 10.3.